The summed E-state index contributed by atoms with van der Waals surface area (Å²) in [4.78, 5) is 3.97. The molecule has 0 radical (unpaired) electrons. The van der Waals surface area contributed by atoms with E-state index in [-0.39, 0.29) is 22.2 Å². The highest BCUT2D eigenvalue weighted by Gasteiger charge is 2.60. The van der Waals surface area contributed by atoms with Gasteiger partial charge in [-0.2, -0.15) is 18.3 Å². The van der Waals surface area contributed by atoms with Crippen LogP contribution in [0.1, 0.15) is 5.69 Å². The van der Waals surface area contributed by atoms with Crippen molar-refractivity contribution < 1.29 is 13.2 Å². The molecule has 0 aliphatic carbocycles. The highest BCUT2D eigenvalue weighted by atomic mass is 35.5. The number of rotatable bonds is 0. The molecule has 4 nitrogen and oxygen atoms in total. The third kappa shape index (κ3) is 1.43. The minimum absolute atomic E-state index is 0.0564. The van der Waals surface area contributed by atoms with Crippen molar-refractivity contribution in [2.45, 2.75) is 11.6 Å². The predicted octanol–water partition coefficient (Wildman–Crippen LogP) is 2.24. The Bertz CT molecular complexity index is 715. The molecule has 1 N–H and O–H groups in total. The molecule has 0 amide bonds. The molecular weight excluding hydrogens is 281 g/mol. The van der Waals surface area contributed by atoms with Gasteiger partial charge in [-0.1, -0.05) is 17.5 Å². The molecule has 1 atom stereocenters. The SMILES string of the molecule is C#C[C@@]1(C(F)(F)F)CNc2cnc3cc(Cl)nn3c21. The first-order valence-corrected chi connectivity index (χ1v) is 5.60. The fourth-order valence-corrected chi connectivity index (χ4v) is 2.37. The number of hydrogen-bond donors (Lipinski definition) is 1. The van der Waals surface area contributed by atoms with Crippen molar-refractivity contribution in [1.82, 2.24) is 14.6 Å². The number of nitrogens with one attached hydrogen (secondary N) is 1. The Hall–Kier alpha value is -1.94. The van der Waals surface area contributed by atoms with Crippen LogP contribution in [0.5, 0.6) is 0 Å². The molecule has 98 valence electrons. The number of aromatic nitrogens is 3. The van der Waals surface area contributed by atoms with Crippen molar-refractivity contribution in [1.29, 1.82) is 0 Å². The monoisotopic (exact) mass is 286 g/mol. The van der Waals surface area contributed by atoms with Crippen molar-refractivity contribution in [3.8, 4) is 12.3 Å². The quantitative estimate of drug-likeness (QED) is 0.755. The summed E-state index contributed by atoms with van der Waals surface area (Å²) < 4.78 is 41.1. The number of nitrogens with zero attached hydrogens (tertiary/aromatic N) is 3. The summed E-state index contributed by atoms with van der Waals surface area (Å²) in [6.45, 7) is -0.444. The number of terminal acetylenes is 1. The van der Waals surface area contributed by atoms with Crippen molar-refractivity contribution in [2.75, 3.05) is 11.9 Å². The van der Waals surface area contributed by atoms with E-state index in [9.17, 15) is 13.2 Å². The second kappa shape index (κ2) is 3.54. The molecule has 8 heteroatoms. The normalized spacial score (nSPS) is 22.1. The lowest BCUT2D eigenvalue weighted by atomic mass is 9.86. The Morgan fingerprint density at radius 1 is 1.53 bits per heavy atom. The molecule has 0 saturated carbocycles. The van der Waals surface area contributed by atoms with Crippen molar-refractivity contribution in [3.05, 3.63) is 23.1 Å². The van der Waals surface area contributed by atoms with Gasteiger partial charge in [0.1, 0.15) is 0 Å². The zero-order valence-electron chi connectivity index (χ0n) is 9.29. The molecule has 1 aliphatic heterocycles. The van der Waals surface area contributed by atoms with Gasteiger partial charge in [0.15, 0.2) is 16.2 Å². The van der Waals surface area contributed by atoms with Gasteiger partial charge in [-0.15, -0.1) is 6.42 Å². The van der Waals surface area contributed by atoms with Crippen LogP contribution in [-0.2, 0) is 5.41 Å². The van der Waals surface area contributed by atoms with Crippen LogP contribution < -0.4 is 5.32 Å². The first-order chi connectivity index (χ1) is 8.89. The van der Waals surface area contributed by atoms with Crippen LogP contribution in [0.25, 0.3) is 5.65 Å². The van der Waals surface area contributed by atoms with E-state index in [0.717, 1.165) is 4.52 Å². The van der Waals surface area contributed by atoms with E-state index >= 15 is 0 Å². The number of hydrogen-bond acceptors (Lipinski definition) is 3. The van der Waals surface area contributed by atoms with E-state index in [4.69, 9.17) is 18.0 Å². The molecule has 3 rings (SSSR count). The number of halogens is 4. The van der Waals surface area contributed by atoms with Crippen LogP contribution in [0.2, 0.25) is 5.15 Å². The van der Waals surface area contributed by atoms with E-state index in [1.165, 1.54) is 12.3 Å². The topological polar surface area (TPSA) is 42.2 Å². The first-order valence-electron chi connectivity index (χ1n) is 5.22. The summed E-state index contributed by atoms with van der Waals surface area (Å²) in [5.41, 5.74) is -2.16. The van der Waals surface area contributed by atoms with Crippen molar-refractivity contribution >= 4 is 22.9 Å². The third-order valence-corrected chi connectivity index (χ3v) is 3.32. The molecule has 0 fully saturated rings. The molecule has 3 heterocycles. The smallest absolute Gasteiger partial charge is 0.380 e. The van der Waals surface area contributed by atoms with Gasteiger partial charge < -0.3 is 5.32 Å². The van der Waals surface area contributed by atoms with Gasteiger partial charge >= 0.3 is 6.18 Å². The second-order valence-electron chi connectivity index (χ2n) is 4.16. The molecule has 19 heavy (non-hydrogen) atoms. The standard InChI is InChI=1S/C11H6ClF3N4/c1-2-10(11(13,14)15)5-17-6-4-16-8-3-7(12)18-19(8)9(6)10/h1,3-4,17H,5H2/t10-/m1/s1. The van der Waals surface area contributed by atoms with Crippen LogP contribution in [-0.4, -0.2) is 27.3 Å². The zero-order valence-corrected chi connectivity index (χ0v) is 10.0. The van der Waals surface area contributed by atoms with E-state index in [1.54, 1.807) is 0 Å². The van der Waals surface area contributed by atoms with E-state index < -0.39 is 18.1 Å². The van der Waals surface area contributed by atoms with Crippen LogP contribution in [0.3, 0.4) is 0 Å². The van der Waals surface area contributed by atoms with Crippen molar-refractivity contribution in [3.63, 3.8) is 0 Å². The van der Waals surface area contributed by atoms with E-state index in [2.05, 4.69) is 15.4 Å². The Balaban J connectivity index is 2.40. The summed E-state index contributed by atoms with van der Waals surface area (Å²) in [6.07, 6.45) is 1.86. The Morgan fingerprint density at radius 3 is 2.89 bits per heavy atom. The maximum absolute atomic E-state index is 13.4. The minimum atomic E-state index is -4.60. The van der Waals surface area contributed by atoms with Gasteiger partial charge in [0.25, 0.3) is 0 Å². The van der Waals surface area contributed by atoms with Crippen LogP contribution in [0, 0.1) is 12.3 Å². The van der Waals surface area contributed by atoms with Crippen LogP contribution in [0.15, 0.2) is 12.3 Å². The van der Waals surface area contributed by atoms with Gasteiger partial charge in [-0.25, -0.2) is 9.50 Å². The molecule has 0 saturated heterocycles. The molecule has 0 unspecified atom stereocenters. The second-order valence-corrected chi connectivity index (χ2v) is 4.55. The summed E-state index contributed by atoms with van der Waals surface area (Å²) >= 11 is 5.71. The maximum Gasteiger partial charge on any atom is 0.412 e. The Kier molecular flexibility index (Phi) is 2.26. The third-order valence-electron chi connectivity index (χ3n) is 3.13. The van der Waals surface area contributed by atoms with Gasteiger partial charge in [0.2, 0.25) is 0 Å². The molecular formula is C11H6ClF3N4. The fourth-order valence-electron chi connectivity index (χ4n) is 2.19. The van der Waals surface area contributed by atoms with Crippen LogP contribution >= 0.6 is 11.6 Å². The lowest BCUT2D eigenvalue weighted by molar-refractivity contribution is -0.168. The fraction of sp³-hybridized carbons (Fsp3) is 0.273. The largest absolute Gasteiger partial charge is 0.412 e. The lowest BCUT2D eigenvalue weighted by Crippen LogP contribution is -2.44. The number of alkyl halides is 3. The molecule has 0 aromatic carbocycles. The summed E-state index contributed by atoms with van der Waals surface area (Å²) in [6, 6.07) is 1.37. The average Bonchev–Trinajstić information content (AvgIpc) is 2.86. The Morgan fingerprint density at radius 2 is 2.26 bits per heavy atom. The lowest BCUT2D eigenvalue weighted by Gasteiger charge is -2.25. The summed E-state index contributed by atoms with van der Waals surface area (Å²) in [5, 5.41) is 6.50. The minimum Gasteiger partial charge on any atom is -0.380 e. The maximum atomic E-state index is 13.4. The molecule has 2 aromatic heterocycles. The molecule has 2 aromatic rings. The molecule has 1 aliphatic rings. The zero-order chi connectivity index (χ0) is 13.8. The molecule has 0 bridgehead atoms. The average molecular weight is 287 g/mol. The molecule has 0 spiro atoms. The van der Waals surface area contributed by atoms with Crippen molar-refractivity contribution in [2.24, 2.45) is 0 Å². The van der Waals surface area contributed by atoms with Gasteiger partial charge in [-0.05, 0) is 0 Å². The predicted molar refractivity (Wildman–Crippen MR) is 63.1 cm³/mol. The Labute approximate surface area is 110 Å². The number of fused-ring (bicyclic) bond motifs is 3. The first kappa shape index (κ1) is 12.1. The van der Waals surface area contributed by atoms with E-state index in [1.807, 2.05) is 5.92 Å². The summed E-state index contributed by atoms with van der Waals surface area (Å²) in [7, 11) is 0. The van der Waals surface area contributed by atoms with E-state index in [0.29, 0.717) is 0 Å². The van der Waals surface area contributed by atoms with Gasteiger partial charge in [0, 0.05) is 12.6 Å². The summed E-state index contributed by atoms with van der Waals surface area (Å²) in [5.74, 6) is 1.86. The van der Waals surface area contributed by atoms with Crippen LogP contribution in [0.4, 0.5) is 18.9 Å². The highest BCUT2D eigenvalue weighted by molar-refractivity contribution is 6.29. The van der Waals surface area contributed by atoms with Gasteiger partial charge in [0.05, 0.1) is 17.6 Å². The number of anilines is 1. The van der Waals surface area contributed by atoms with Gasteiger partial charge in [-0.3, -0.25) is 0 Å². The highest BCUT2D eigenvalue weighted by Crippen LogP contribution is 2.47.